The van der Waals surface area contributed by atoms with Crippen LogP contribution in [0.5, 0.6) is 0 Å². The number of carbonyl (C=O) groups excluding carboxylic acids is 2. The Balaban J connectivity index is 2.52. The number of amides is 1. The molecule has 0 bridgehead atoms. The van der Waals surface area contributed by atoms with E-state index >= 15 is 0 Å². The van der Waals surface area contributed by atoms with Crippen molar-refractivity contribution in [3.63, 3.8) is 0 Å². The van der Waals surface area contributed by atoms with Gasteiger partial charge in [-0.15, -0.1) is 0 Å². The highest BCUT2D eigenvalue weighted by molar-refractivity contribution is 5.81. The van der Waals surface area contributed by atoms with Crippen LogP contribution in [0, 0.1) is 5.39 Å². The number of methoxy groups -OCH3 is 1. The molecular weight excluding hydrogens is 302 g/mol. The molecule has 0 radical (unpaired) electrons. The van der Waals surface area contributed by atoms with E-state index in [0.29, 0.717) is 0 Å². The molecule has 0 heterocycles. The Morgan fingerprint density at radius 1 is 1.39 bits per heavy atom. The first-order chi connectivity index (χ1) is 11.1. The van der Waals surface area contributed by atoms with Crippen LogP contribution in [-0.4, -0.2) is 30.3 Å². The molecule has 1 amide bonds. The number of allylic oxidation sites excluding steroid dienone is 1. The summed E-state index contributed by atoms with van der Waals surface area (Å²) < 4.78 is 9.60. The third kappa shape index (κ3) is 6.95. The van der Waals surface area contributed by atoms with Gasteiger partial charge in [0.25, 0.3) is 0 Å². The lowest BCUT2D eigenvalue weighted by molar-refractivity contribution is -0.143. The normalized spacial score (nSPS) is 11.9. The van der Waals surface area contributed by atoms with Crippen LogP contribution < -0.4 is 5.32 Å². The van der Waals surface area contributed by atoms with Crippen molar-refractivity contribution in [2.75, 3.05) is 7.11 Å². The molecule has 0 aliphatic carbocycles. The fraction of sp³-hybridized carbons (Fsp3) is 0.333. The number of alkyl carbamates (subject to hydrolysis) is 1. The van der Waals surface area contributed by atoms with Crippen LogP contribution in [0.1, 0.15) is 18.4 Å². The second-order valence-corrected chi connectivity index (χ2v) is 4.56. The van der Waals surface area contributed by atoms with Gasteiger partial charge in [-0.3, -0.25) is 0 Å². The fourth-order valence-electron chi connectivity index (χ4n) is 1.72. The summed E-state index contributed by atoms with van der Waals surface area (Å²) in [5, 5.41) is 20.0. The first kappa shape index (κ1) is 18.0. The van der Waals surface area contributed by atoms with Crippen LogP contribution in [0.4, 0.5) is 4.79 Å². The molecule has 0 aromatic heterocycles. The zero-order valence-corrected chi connectivity index (χ0v) is 12.6. The first-order valence-electron chi connectivity index (χ1n) is 6.84. The molecular formula is C15H18N3O5+. The number of nitrogens with one attached hydrogen (secondary N) is 1. The number of esters is 1. The number of aliphatic hydroxyl groups excluding tert-OH is 1. The number of ether oxygens (including phenoxy) is 2. The van der Waals surface area contributed by atoms with Crippen LogP contribution in [-0.2, 0) is 20.9 Å². The Bertz CT molecular complexity index is 595. The number of aliphatic hydroxyl groups is 1. The van der Waals surface area contributed by atoms with Crippen molar-refractivity contribution >= 4 is 12.1 Å². The van der Waals surface area contributed by atoms with Crippen molar-refractivity contribution in [1.29, 1.82) is 5.39 Å². The van der Waals surface area contributed by atoms with Crippen molar-refractivity contribution in [3.8, 4) is 0 Å². The summed E-state index contributed by atoms with van der Waals surface area (Å²) in [6, 6.07) is 8.08. The van der Waals surface area contributed by atoms with Gasteiger partial charge in [0, 0.05) is 6.42 Å². The second-order valence-electron chi connectivity index (χ2n) is 4.56. The highest BCUT2D eigenvalue weighted by atomic mass is 16.6. The third-order valence-electron chi connectivity index (χ3n) is 2.89. The summed E-state index contributed by atoms with van der Waals surface area (Å²) in [6.45, 7) is 0.0646. The van der Waals surface area contributed by atoms with Crippen molar-refractivity contribution in [2.45, 2.75) is 25.5 Å². The van der Waals surface area contributed by atoms with Gasteiger partial charge in [0.2, 0.25) is 5.39 Å². The van der Waals surface area contributed by atoms with Gasteiger partial charge in [0.1, 0.15) is 12.6 Å². The molecule has 0 aliphatic rings. The number of rotatable bonds is 7. The van der Waals surface area contributed by atoms with E-state index in [1.807, 2.05) is 18.2 Å². The molecule has 8 heteroatoms. The maximum Gasteiger partial charge on any atom is 0.408 e. The zero-order chi connectivity index (χ0) is 17.1. The molecule has 23 heavy (non-hydrogen) atoms. The molecule has 1 aromatic rings. The zero-order valence-electron chi connectivity index (χ0n) is 12.6. The van der Waals surface area contributed by atoms with E-state index in [-0.39, 0.29) is 25.2 Å². The monoisotopic (exact) mass is 320 g/mol. The molecule has 1 atom stereocenters. The lowest BCUT2D eigenvalue weighted by Gasteiger charge is -2.15. The minimum atomic E-state index is -0.988. The van der Waals surface area contributed by atoms with Crippen LogP contribution in [0.3, 0.4) is 0 Å². The van der Waals surface area contributed by atoms with E-state index in [1.165, 1.54) is 7.11 Å². The predicted molar refractivity (Wildman–Crippen MR) is 80.6 cm³/mol. The molecule has 0 saturated heterocycles. The fourth-order valence-corrected chi connectivity index (χ4v) is 1.72. The van der Waals surface area contributed by atoms with Crippen LogP contribution in [0.2, 0.25) is 0 Å². The van der Waals surface area contributed by atoms with Crippen LogP contribution in [0.25, 0.3) is 4.98 Å². The quantitative estimate of drug-likeness (QED) is 0.453. The average molecular weight is 320 g/mol. The number of hydrogen-bond acceptors (Lipinski definition) is 6. The standard InChI is InChI=1S/C15H17N3O5/c1-22-14(20)13(8-7-12(19)9-17-16)18-15(21)23-10-11-5-3-2-4-6-11/h2-6,9,13H,7-8,10H2,1H3,(H-,18,19,21)/p+1/b12-9-/t13-/m0/s1. The second kappa shape index (κ2) is 9.78. The van der Waals surface area contributed by atoms with E-state index in [9.17, 15) is 14.7 Å². The molecule has 0 saturated carbocycles. The van der Waals surface area contributed by atoms with Crippen molar-refractivity contribution in [3.05, 3.63) is 52.8 Å². The number of nitrogens with zero attached hydrogens (tertiary/aromatic N) is 2. The lowest BCUT2D eigenvalue weighted by Crippen LogP contribution is -2.41. The summed E-state index contributed by atoms with van der Waals surface area (Å²) in [5.74, 6) is -0.906. The average Bonchev–Trinajstić information content (AvgIpc) is 2.57. The Morgan fingerprint density at radius 2 is 2.09 bits per heavy atom. The molecule has 0 unspecified atom stereocenters. The van der Waals surface area contributed by atoms with E-state index in [2.05, 4.69) is 15.0 Å². The predicted octanol–water partition coefficient (Wildman–Crippen LogP) is 2.49. The minimum absolute atomic E-state index is 0.0167. The van der Waals surface area contributed by atoms with Gasteiger partial charge in [-0.1, -0.05) is 30.3 Å². The summed E-state index contributed by atoms with van der Waals surface area (Å²) >= 11 is 0. The first-order valence-corrected chi connectivity index (χ1v) is 6.84. The SMILES string of the molecule is COC(=O)[C@H](CC/C(O)=C/[N+]#N)NC(=O)OCc1ccccc1. The smallest absolute Gasteiger partial charge is 0.408 e. The highest BCUT2D eigenvalue weighted by Crippen LogP contribution is 2.07. The maximum absolute atomic E-state index is 11.7. The van der Waals surface area contributed by atoms with Gasteiger partial charge >= 0.3 is 18.3 Å². The molecule has 122 valence electrons. The Morgan fingerprint density at radius 3 is 2.70 bits per heavy atom. The van der Waals surface area contributed by atoms with Crippen molar-refractivity contribution < 1.29 is 24.2 Å². The molecule has 0 aliphatic heterocycles. The van der Waals surface area contributed by atoms with Gasteiger partial charge in [0.05, 0.1) is 7.11 Å². The van der Waals surface area contributed by atoms with Crippen LogP contribution in [0.15, 0.2) is 42.3 Å². The van der Waals surface area contributed by atoms with E-state index < -0.39 is 18.1 Å². The molecule has 0 fully saturated rings. The molecule has 1 aromatic carbocycles. The van der Waals surface area contributed by atoms with Crippen molar-refractivity contribution in [2.24, 2.45) is 0 Å². The third-order valence-corrected chi connectivity index (χ3v) is 2.89. The number of hydrogen-bond donors (Lipinski definition) is 2. The maximum atomic E-state index is 11.7. The molecule has 2 N–H and O–H groups in total. The van der Waals surface area contributed by atoms with Crippen LogP contribution >= 0.6 is 0 Å². The van der Waals surface area contributed by atoms with E-state index in [1.54, 1.807) is 12.1 Å². The van der Waals surface area contributed by atoms with E-state index in [0.717, 1.165) is 11.8 Å². The number of carbonyl (C=O) groups is 2. The minimum Gasteiger partial charge on any atom is -0.505 e. The molecule has 8 nitrogen and oxygen atoms in total. The summed E-state index contributed by atoms with van der Waals surface area (Å²) in [5.41, 5.74) is 0.808. The summed E-state index contributed by atoms with van der Waals surface area (Å²) in [6.07, 6.45) is 0.134. The Labute approximate surface area is 133 Å². The number of benzene rings is 1. The lowest BCUT2D eigenvalue weighted by atomic mass is 10.1. The van der Waals surface area contributed by atoms with Gasteiger partial charge in [-0.05, 0) is 12.0 Å². The highest BCUT2D eigenvalue weighted by Gasteiger charge is 2.23. The Kier molecular flexibility index (Phi) is 7.64. The van der Waals surface area contributed by atoms with Crippen molar-refractivity contribution in [1.82, 2.24) is 5.32 Å². The molecule has 1 rings (SSSR count). The summed E-state index contributed by atoms with van der Waals surface area (Å²) in [7, 11) is 1.19. The molecule has 0 spiro atoms. The van der Waals surface area contributed by atoms with E-state index in [4.69, 9.17) is 10.1 Å². The topological polar surface area (TPSA) is 113 Å². The van der Waals surface area contributed by atoms with Gasteiger partial charge in [-0.25, -0.2) is 9.59 Å². The van der Waals surface area contributed by atoms with Gasteiger partial charge < -0.3 is 19.9 Å². The van der Waals surface area contributed by atoms with Gasteiger partial charge in [-0.2, -0.15) is 0 Å². The van der Waals surface area contributed by atoms with Gasteiger partial charge in [0.15, 0.2) is 10.7 Å². The largest absolute Gasteiger partial charge is 0.505 e. The Hall–Kier alpha value is -3.08. The summed E-state index contributed by atoms with van der Waals surface area (Å²) in [4.78, 5) is 26.0. The number of diazo groups is 1.